The van der Waals surface area contributed by atoms with E-state index in [1.165, 1.54) is 0 Å². The third-order valence-electron chi connectivity index (χ3n) is 2.35. The minimum absolute atomic E-state index is 0.601. The zero-order valence-electron chi connectivity index (χ0n) is 13.0. The lowest BCUT2D eigenvalue weighted by molar-refractivity contribution is -0.159. The highest BCUT2D eigenvalue weighted by molar-refractivity contribution is 6.27. The molecule has 0 atom stereocenters. The van der Waals surface area contributed by atoms with Crippen LogP contribution in [-0.4, -0.2) is 68.5 Å². The molecule has 0 fully saturated rings. The van der Waals surface area contributed by atoms with Crippen molar-refractivity contribution in [1.82, 2.24) is 4.90 Å². The van der Waals surface area contributed by atoms with Gasteiger partial charge in [0.2, 0.25) is 5.75 Å². The highest BCUT2D eigenvalue weighted by atomic mass is 16.5. The molecule has 0 aliphatic heterocycles. The Balaban J connectivity index is 0.000000626. The monoisotopic (exact) mass is 315 g/mol. The number of ether oxygens (including phenoxy) is 3. The molecular formula is C14H21NO7. The second kappa shape index (κ2) is 10.3. The zero-order valence-corrected chi connectivity index (χ0v) is 13.0. The van der Waals surface area contributed by atoms with Crippen LogP contribution >= 0.6 is 0 Å². The molecule has 8 heteroatoms. The van der Waals surface area contributed by atoms with Crippen LogP contribution in [0.25, 0.3) is 0 Å². The minimum atomic E-state index is -1.82. The third kappa shape index (κ3) is 7.34. The number of carbonyl (C=O) groups is 2. The van der Waals surface area contributed by atoms with Gasteiger partial charge in [0.15, 0.2) is 11.5 Å². The molecule has 0 spiro atoms. The highest BCUT2D eigenvalue weighted by Gasteiger charge is 2.10. The van der Waals surface area contributed by atoms with E-state index < -0.39 is 11.9 Å². The summed E-state index contributed by atoms with van der Waals surface area (Å²) in [7, 11) is 7.24. The quantitative estimate of drug-likeness (QED) is 0.743. The fraction of sp³-hybridized carbons (Fsp3) is 0.429. The molecule has 0 unspecified atom stereocenters. The van der Waals surface area contributed by atoms with Crippen LogP contribution in [0.1, 0.15) is 0 Å². The van der Waals surface area contributed by atoms with E-state index in [0.717, 1.165) is 6.54 Å². The summed E-state index contributed by atoms with van der Waals surface area (Å²) in [4.78, 5) is 20.3. The molecule has 0 radical (unpaired) electrons. The van der Waals surface area contributed by atoms with Gasteiger partial charge >= 0.3 is 11.9 Å². The summed E-state index contributed by atoms with van der Waals surface area (Å²) in [5.41, 5.74) is 0. The Morgan fingerprint density at radius 3 is 1.82 bits per heavy atom. The predicted octanol–water partition coefficient (Wildman–Crippen LogP) is 0.800. The van der Waals surface area contributed by atoms with E-state index in [-0.39, 0.29) is 0 Å². The lowest BCUT2D eigenvalue weighted by Gasteiger charge is -2.15. The van der Waals surface area contributed by atoms with Gasteiger partial charge in [0.25, 0.3) is 0 Å². The van der Waals surface area contributed by atoms with E-state index in [4.69, 9.17) is 34.0 Å². The van der Waals surface area contributed by atoms with Crippen molar-refractivity contribution < 1.29 is 34.0 Å². The largest absolute Gasteiger partial charge is 0.493 e. The first-order chi connectivity index (χ1) is 10.3. The summed E-state index contributed by atoms with van der Waals surface area (Å²) in [6.45, 7) is 1.45. The van der Waals surface area contributed by atoms with Crippen LogP contribution < -0.4 is 14.2 Å². The molecule has 0 saturated heterocycles. The molecule has 124 valence electrons. The lowest BCUT2D eigenvalue weighted by atomic mass is 10.3. The second-order valence-electron chi connectivity index (χ2n) is 4.25. The number of nitrogens with zero attached hydrogens (tertiary/aromatic N) is 1. The molecular weight excluding hydrogens is 294 g/mol. The third-order valence-corrected chi connectivity index (χ3v) is 2.35. The van der Waals surface area contributed by atoms with Crippen LogP contribution in [0.15, 0.2) is 18.2 Å². The predicted molar refractivity (Wildman–Crippen MR) is 78.9 cm³/mol. The number of benzene rings is 1. The van der Waals surface area contributed by atoms with Crippen LogP contribution in [0.5, 0.6) is 17.2 Å². The molecule has 0 aliphatic rings. The molecule has 1 rings (SSSR count). The number of aliphatic carboxylic acids is 2. The van der Waals surface area contributed by atoms with Crippen molar-refractivity contribution >= 4 is 11.9 Å². The van der Waals surface area contributed by atoms with Gasteiger partial charge in [-0.25, -0.2) is 9.59 Å². The summed E-state index contributed by atoms with van der Waals surface area (Å²) in [6, 6.07) is 5.58. The Morgan fingerprint density at radius 1 is 1.05 bits per heavy atom. The maximum atomic E-state index is 9.10. The van der Waals surface area contributed by atoms with Crippen molar-refractivity contribution in [3.05, 3.63) is 18.2 Å². The molecule has 0 aliphatic carbocycles. The highest BCUT2D eigenvalue weighted by Crippen LogP contribution is 2.36. The molecule has 1 aromatic rings. The molecule has 0 bridgehead atoms. The van der Waals surface area contributed by atoms with Crippen molar-refractivity contribution in [2.45, 2.75) is 0 Å². The fourth-order valence-electron chi connectivity index (χ4n) is 1.29. The molecule has 0 amide bonds. The van der Waals surface area contributed by atoms with Gasteiger partial charge in [-0.2, -0.15) is 0 Å². The second-order valence-corrected chi connectivity index (χ2v) is 4.25. The van der Waals surface area contributed by atoms with E-state index >= 15 is 0 Å². The van der Waals surface area contributed by atoms with Gasteiger partial charge in [-0.1, -0.05) is 6.07 Å². The Morgan fingerprint density at radius 2 is 1.50 bits per heavy atom. The maximum absolute atomic E-state index is 9.10. The van der Waals surface area contributed by atoms with Crippen LogP contribution in [-0.2, 0) is 9.59 Å². The van der Waals surface area contributed by atoms with Crippen molar-refractivity contribution in [3.8, 4) is 17.2 Å². The Kier molecular flexibility index (Phi) is 9.12. The number of rotatable bonds is 6. The Labute approximate surface area is 128 Å². The van der Waals surface area contributed by atoms with Crippen LogP contribution in [0, 0.1) is 0 Å². The van der Waals surface area contributed by atoms with Gasteiger partial charge in [-0.15, -0.1) is 0 Å². The molecule has 8 nitrogen and oxygen atoms in total. The van der Waals surface area contributed by atoms with E-state index in [2.05, 4.69) is 4.90 Å². The number of hydrogen-bond acceptors (Lipinski definition) is 6. The van der Waals surface area contributed by atoms with E-state index in [1.807, 2.05) is 32.3 Å². The summed E-state index contributed by atoms with van der Waals surface area (Å²) >= 11 is 0. The van der Waals surface area contributed by atoms with Gasteiger partial charge in [-0.05, 0) is 26.2 Å². The van der Waals surface area contributed by atoms with Crippen LogP contribution in [0.4, 0.5) is 0 Å². The minimum Gasteiger partial charge on any atom is -0.493 e. The number of carboxylic acids is 2. The molecule has 2 N–H and O–H groups in total. The van der Waals surface area contributed by atoms with Gasteiger partial charge in [0, 0.05) is 6.54 Å². The molecule has 1 aromatic carbocycles. The number of para-hydroxylation sites is 1. The van der Waals surface area contributed by atoms with Crippen molar-refractivity contribution in [3.63, 3.8) is 0 Å². The lowest BCUT2D eigenvalue weighted by Crippen LogP contribution is -2.19. The topological polar surface area (TPSA) is 106 Å². The summed E-state index contributed by atoms with van der Waals surface area (Å²) < 4.78 is 16.1. The van der Waals surface area contributed by atoms with Crippen molar-refractivity contribution in [2.24, 2.45) is 0 Å². The summed E-state index contributed by atoms with van der Waals surface area (Å²) in [5.74, 6) is -1.60. The fourth-order valence-corrected chi connectivity index (χ4v) is 1.29. The number of hydrogen-bond donors (Lipinski definition) is 2. The van der Waals surface area contributed by atoms with Crippen LogP contribution in [0.3, 0.4) is 0 Å². The first-order valence-electron chi connectivity index (χ1n) is 6.28. The van der Waals surface area contributed by atoms with Gasteiger partial charge in [0.1, 0.15) is 6.61 Å². The number of likely N-dealkylation sites (N-methyl/N-ethyl adjacent to an activating group) is 1. The van der Waals surface area contributed by atoms with Crippen molar-refractivity contribution in [1.29, 1.82) is 0 Å². The summed E-state index contributed by atoms with van der Waals surface area (Å²) in [5, 5.41) is 14.8. The number of carboxylic acid groups (broad SMARTS) is 2. The molecule has 0 heterocycles. The van der Waals surface area contributed by atoms with Crippen LogP contribution in [0.2, 0.25) is 0 Å². The standard InChI is InChI=1S/C12H19NO3.C2H2O4/c1-13(2)8-9-16-12-10(14-3)6-5-7-11(12)15-4;3-1(4)2(5)6/h5-7H,8-9H2,1-4H3;(H,3,4)(H,5,6). The van der Waals surface area contributed by atoms with Gasteiger partial charge < -0.3 is 29.3 Å². The summed E-state index contributed by atoms with van der Waals surface area (Å²) in [6.07, 6.45) is 0. The normalized spacial score (nSPS) is 9.50. The van der Waals surface area contributed by atoms with E-state index in [9.17, 15) is 0 Å². The average molecular weight is 315 g/mol. The first-order valence-corrected chi connectivity index (χ1v) is 6.28. The average Bonchev–Trinajstić information content (AvgIpc) is 2.47. The van der Waals surface area contributed by atoms with Gasteiger partial charge in [-0.3, -0.25) is 0 Å². The molecule has 0 saturated carbocycles. The SMILES string of the molecule is COc1cccc(OC)c1OCCN(C)C.O=C(O)C(=O)O. The zero-order chi connectivity index (χ0) is 17.1. The van der Waals surface area contributed by atoms with E-state index in [0.29, 0.717) is 23.9 Å². The Bertz CT molecular complexity index is 454. The van der Waals surface area contributed by atoms with E-state index in [1.54, 1.807) is 14.2 Å². The maximum Gasteiger partial charge on any atom is 0.414 e. The smallest absolute Gasteiger partial charge is 0.414 e. The molecule has 0 aromatic heterocycles. The first kappa shape index (κ1) is 19.5. The van der Waals surface area contributed by atoms with Crippen molar-refractivity contribution in [2.75, 3.05) is 41.5 Å². The number of methoxy groups -OCH3 is 2. The Hall–Kier alpha value is -2.48. The van der Waals surface area contributed by atoms with Gasteiger partial charge in [0.05, 0.1) is 14.2 Å². The molecule has 22 heavy (non-hydrogen) atoms.